The summed E-state index contributed by atoms with van der Waals surface area (Å²) in [5.41, 5.74) is 6.60. The lowest BCUT2D eigenvalue weighted by molar-refractivity contribution is -0.123. The van der Waals surface area contributed by atoms with Crippen molar-refractivity contribution in [3.05, 3.63) is 46.7 Å². The molecular formula is C21H34BrN3O. The number of rotatable bonds is 13. The van der Waals surface area contributed by atoms with Crippen LogP contribution in [0.15, 0.2) is 41.1 Å². The molecular weight excluding hydrogens is 390 g/mol. The third-order valence-corrected chi connectivity index (χ3v) is 4.93. The molecule has 26 heavy (non-hydrogen) atoms. The molecule has 146 valence electrons. The van der Waals surface area contributed by atoms with Gasteiger partial charge in [-0.05, 0) is 50.0 Å². The molecule has 0 aromatic heterocycles. The van der Waals surface area contributed by atoms with Crippen LogP contribution >= 0.6 is 15.9 Å². The summed E-state index contributed by atoms with van der Waals surface area (Å²) in [5, 5.41) is 3.49. The van der Waals surface area contributed by atoms with Crippen molar-refractivity contribution in [2.45, 2.75) is 46.0 Å². The lowest BCUT2D eigenvalue weighted by atomic mass is 9.86. The van der Waals surface area contributed by atoms with Crippen LogP contribution in [0.1, 0.15) is 51.5 Å². The maximum absolute atomic E-state index is 12.6. The van der Waals surface area contributed by atoms with Crippen LogP contribution in [-0.4, -0.2) is 36.9 Å². The molecule has 1 atom stereocenters. The number of hydrogen-bond donors (Lipinski definition) is 2. The smallest absolute Gasteiger partial charge is 0.142 e. The summed E-state index contributed by atoms with van der Waals surface area (Å²) in [4.78, 5) is 14.9. The molecule has 0 bridgehead atoms. The fourth-order valence-electron chi connectivity index (χ4n) is 3.02. The molecule has 5 heteroatoms. The first-order valence-electron chi connectivity index (χ1n) is 9.61. The molecule has 0 unspecified atom stereocenters. The van der Waals surface area contributed by atoms with Crippen LogP contribution in [0.25, 0.3) is 0 Å². The van der Waals surface area contributed by atoms with E-state index in [1.165, 1.54) is 0 Å². The van der Waals surface area contributed by atoms with Gasteiger partial charge < -0.3 is 16.0 Å². The van der Waals surface area contributed by atoms with E-state index in [9.17, 15) is 4.79 Å². The highest BCUT2D eigenvalue weighted by Crippen LogP contribution is 2.25. The largest absolute Gasteiger partial charge is 0.403 e. The molecule has 0 spiro atoms. The first kappa shape index (κ1) is 22.7. The zero-order valence-electron chi connectivity index (χ0n) is 16.4. The fourth-order valence-corrected chi connectivity index (χ4v) is 3.28. The summed E-state index contributed by atoms with van der Waals surface area (Å²) >= 11 is 3.46. The van der Waals surface area contributed by atoms with Gasteiger partial charge >= 0.3 is 0 Å². The monoisotopic (exact) mass is 423 g/mol. The Morgan fingerprint density at radius 3 is 2.50 bits per heavy atom. The van der Waals surface area contributed by atoms with E-state index in [-0.39, 0.29) is 11.8 Å². The van der Waals surface area contributed by atoms with Crippen molar-refractivity contribution in [3.8, 4) is 0 Å². The quantitative estimate of drug-likeness (QED) is 0.465. The minimum atomic E-state index is -0.0348. The predicted molar refractivity (Wildman–Crippen MR) is 114 cm³/mol. The highest BCUT2D eigenvalue weighted by atomic mass is 79.9. The maximum Gasteiger partial charge on any atom is 0.142 e. The molecule has 0 radical (unpaired) electrons. The Morgan fingerprint density at radius 1 is 1.23 bits per heavy atom. The van der Waals surface area contributed by atoms with Gasteiger partial charge in [0.15, 0.2) is 0 Å². The number of benzene rings is 1. The first-order chi connectivity index (χ1) is 12.5. The Labute approximate surface area is 167 Å². The molecule has 0 saturated heterocycles. The van der Waals surface area contributed by atoms with Crippen molar-refractivity contribution in [2.24, 2.45) is 11.7 Å². The van der Waals surface area contributed by atoms with E-state index in [0.29, 0.717) is 5.78 Å². The number of ketones is 1. The number of halogens is 1. The number of nitrogens with one attached hydrogen (secondary N) is 1. The SMILES string of the molecule is CCCN(/C=C\N)CCCNCC[C@@H](C(=O)C(C)C)c1ccc(Br)cc1. The zero-order chi connectivity index (χ0) is 19.4. The van der Waals surface area contributed by atoms with Gasteiger partial charge in [-0.2, -0.15) is 0 Å². The van der Waals surface area contributed by atoms with E-state index in [1.807, 2.05) is 32.2 Å². The molecule has 0 saturated carbocycles. The van der Waals surface area contributed by atoms with Crippen LogP contribution in [0, 0.1) is 5.92 Å². The first-order valence-corrected chi connectivity index (χ1v) is 10.4. The maximum atomic E-state index is 12.6. The predicted octanol–water partition coefficient (Wildman–Crippen LogP) is 4.27. The van der Waals surface area contributed by atoms with Crippen LogP contribution < -0.4 is 11.1 Å². The standard InChI is InChI=1S/C21H34BrN3O/c1-4-14-25(16-11-23)15-5-12-24-13-10-20(21(26)17(2)3)18-6-8-19(22)9-7-18/h6-9,11,16-17,20,24H,4-5,10,12-15,23H2,1-3H3/b16-11-/t20-/m1/s1. The van der Waals surface area contributed by atoms with Gasteiger partial charge in [0.1, 0.15) is 5.78 Å². The fraction of sp³-hybridized carbons (Fsp3) is 0.571. The van der Waals surface area contributed by atoms with Gasteiger partial charge in [-0.1, -0.05) is 48.8 Å². The molecule has 0 heterocycles. The molecule has 0 amide bonds. The third-order valence-electron chi connectivity index (χ3n) is 4.40. The van der Waals surface area contributed by atoms with Gasteiger partial charge in [-0.15, -0.1) is 0 Å². The van der Waals surface area contributed by atoms with Gasteiger partial charge in [0, 0.05) is 41.8 Å². The average molecular weight is 424 g/mol. The van der Waals surface area contributed by atoms with Crippen LogP contribution in [0.3, 0.4) is 0 Å². The summed E-state index contributed by atoms with van der Waals surface area (Å²) in [5.74, 6) is 0.331. The third kappa shape index (κ3) is 8.37. The number of carbonyl (C=O) groups is 1. The highest BCUT2D eigenvalue weighted by molar-refractivity contribution is 9.10. The van der Waals surface area contributed by atoms with E-state index < -0.39 is 0 Å². The van der Waals surface area contributed by atoms with E-state index in [1.54, 1.807) is 6.20 Å². The highest BCUT2D eigenvalue weighted by Gasteiger charge is 2.22. The van der Waals surface area contributed by atoms with Gasteiger partial charge in [-0.3, -0.25) is 4.79 Å². The summed E-state index contributed by atoms with van der Waals surface area (Å²) in [6.45, 7) is 9.95. The summed E-state index contributed by atoms with van der Waals surface area (Å²) in [6.07, 6.45) is 6.56. The average Bonchev–Trinajstić information content (AvgIpc) is 2.62. The van der Waals surface area contributed by atoms with Crippen LogP contribution in [0.4, 0.5) is 0 Å². The topological polar surface area (TPSA) is 58.4 Å². The molecule has 3 N–H and O–H groups in total. The van der Waals surface area contributed by atoms with Crippen molar-refractivity contribution >= 4 is 21.7 Å². The van der Waals surface area contributed by atoms with Gasteiger partial charge in [0.25, 0.3) is 0 Å². The van der Waals surface area contributed by atoms with Crippen LogP contribution in [-0.2, 0) is 4.79 Å². The number of nitrogens with zero attached hydrogens (tertiary/aromatic N) is 1. The minimum Gasteiger partial charge on any atom is -0.403 e. The lowest BCUT2D eigenvalue weighted by Crippen LogP contribution is -2.27. The lowest BCUT2D eigenvalue weighted by Gasteiger charge is -2.20. The van der Waals surface area contributed by atoms with Crippen molar-refractivity contribution in [1.29, 1.82) is 0 Å². The van der Waals surface area contributed by atoms with Crippen molar-refractivity contribution < 1.29 is 4.79 Å². The summed E-state index contributed by atoms with van der Waals surface area (Å²) < 4.78 is 1.04. The Morgan fingerprint density at radius 2 is 1.92 bits per heavy atom. The minimum absolute atomic E-state index is 0.0348. The van der Waals surface area contributed by atoms with E-state index in [0.717, 1.165) is 55.5 Å². The molecule has 0 fully saturated rings. The number of hydrogen-bond acceptors (Lipinski definition) is 4. The molecule has 1 aromatic carbocycles. The van der Waals surface area contributed by atoms with Crippen molar-refractivity contribution in [2.75, 3.05) is 26.2 Å². The van der Waals surface area contributed by atoms with Crippen molar-refractivity contribution in [3.63, 3.8) is 0 Å². The molecule has 1 rings (SSSR count). The second kappa shape index (κ2) is 12.9. The van der Waals surface area contributed by atoms with Crippen LogP contribution in [0.5, 0.6) is 0 Å². The Bertz CT molecular complexity index is 543. The van der Waals surface area contributed by atoms with Gasteiger partial charge in [0.2, 0.25) is 0 Å². The van der Waals surface area contributed by atoms with Crippen LogP contribution in [0.2, 0.25) is 0 Å². The molecule has 0 aliphatic carbocycles. The van der Waals surface area contributed by atoms with E-state index in [2.05, 4.69) is 45.2 Å². The molecule has 0 aliphatic rings. The van der Waals surface area contributed by atoms with Crippen molar-refractivity contribution in [1.82, 2.24) is 10.2 Å². The Kier molecular flexibility index (Phi) is 11.3. The van der Waals surface area contributed by atoms with E-state index in [4.69, 9.17) is 5.73 Å². The number of carbonyl (C=O) groups excluding carboxylic acids is 1. The number of Topliss-reactive ketones (excluding diaryl/α,β-unsaturated/α-hetero) is 1. The normalized spacial score (nSPS) is 12.7. The summed E-state index contributed by atoms with van der Waals surface area (Å²) in [6, 6.07) is 8.13. The number of nitrogens with two attached hydrogens (primary N) is 1. The second-order valence-electron chi connectivity index (χ2n) is 6.93. The second-order valence-corrected chi connectivity index (χ2v) is 7.85. The Hall–Kier alpha value is -1.33. The van der Waals surface area contributed by atoms with Gasteiger partial charge in [0.05, 0.1) is 0 Å². The molecule has 4 nitrogen and oxygen atoms in total. The molecule has 1 aromatic rings. The Balaban J connectivity index is 2.45. The van der Waals surface area contributed by atoms with Gasteiger partial charge in [-0.25, -0.2) is 0 Å². The summed E-state index contributed by atoms with van der Waals surface area (Å²) in [7, 11) is 0. The van der Waals surface area contributed by atoms with E-state index >= 15 is 0 Å². The molecule has 0 aliphatic heterocycles. The zero-order valence-corrected chi connectivity index (χ0v) is 18.0.